The molecule has 0 aliphatic carbocycles. The molecule has 0 saturated heterocycles. The SMILES string of the molecule is CCC(C)(C)c1nnc(-c2ccc3c4ccccc4n(-c4ccccc4)c3c2)c2ccccc12. The highest BCUT2D eigenvalue weighted by Gasteiger charge is 2.24. The molecule has 2 heterocycles. The summed E-state index contributed by atoms with van der Waals surface area (Å²) in [7, 11) is 0. The highest BCUT2D eigenvalue weighted by atomic mass is 15.1. The second-order valence-corrected chi connectivity index (χ2v) is 9.60. The molecule has 3 heteroatoms. The Labute approximate surface area is 199 Å². The number of aromatic nitrogens is 3. The van der Waals surface area contributed by atoms with Crippen molar-refractivity contribution in [2.75, 3.05) is 0 Å². The van der Waals surface area contributed by atoms with E-state index >= 15 is 0 Å². The number of rotatable bonds is 4. The lowest BCUT2D eigenvalue weighted by Gasteiger charge is -2.23. The first-order chi connectivity index (χ1) is 16.6. The van der Waals surface area contributed by atoms with Crippen molar-refractivity contribution < 1.29 is 0 Å². The summed E-state index contributed by atoms with van der Waals surface area (Å²) in [5.41, 5.74) is 6.57. The second-order valence-electron chi connectivity index (χ2n) is 9.60. The van der Waals surface area contributed by atoms with Crippen molar-refractivity contribution >= 4 is 32.6 Å². The number of hydrogen-bond donors (Lipinski definition) is 0. The van der Waals surface area contributed by atoms with Crippen LogP contribution in [0.5, 0.6) is 0 Å². The van der Waals surface area contributed by atoms with Crippen molar-refractivity contribution in [3.05, 3.63) is 103 Å². The standard InChI is InChI=1S/C31H27N3/c1-4-31(2,3)30-26-16-9-8-15-25(26)29(32-33-30)21-18-19-24-23-14-10-11-17-27(23)34(28(24)20-21)22-12-6-5-7-13-22/h5-20H,4H2,1-3H3. The smallest absolute Gasteiger partial charge is 0.101 e. The lowest BCUT2D eigenvalue weighted by Crippen LogP contribution is -2.19. The molecule has 0 N–H and O–H groups in total. The van der Waals surface area contributed by atoms with Crippen molar-refractivity contribution in [1.82, 2.24) is 14.8 Å². The van der Waals surface area contributed by atoms with Crippen LogP contribution in [0.15, 0.2) is 97.1 Å². The average molecular weight is 442 g/mol. The van der Waals surface area contributed by atoms with Crippen molar-refractivity contribution in [1.29, 1.82) is 0 Å². The van der Waals surface area contributed by atoms with Crippen molar-refractivity contribution in [2.24, 2.45) is 0 Å². The highest BCUT2D eigenvalue weighted by Crippen LogP contribution is 2.38. The number of fused-ring (bicyclic) bond motifs is 4. The highest BCUT2D eigenvalue weighted by molar-refractivity contribution is 6.10. The van der Waals surface area contributed by atoms with E-state index in [0.29, 0.717) is 0 Å². The molecule has 0 aliphatic heterocycles. The molecule has 0 amide bonds. The molecule has 0 bridgehead atoms. The van der Waals surface area contributed by atoms with Crippen molar-refractivity contribution in [3.63, 3.8) is 0 Å². The molecule has 3 nitrogen and oxygen atoms in total. The number of benzene rings is 4. The molecule has 6 aromatic rings. The topological polar surface area (TPSA) is 30.7 Å². The molecular weight excluding hydrogens is 414 g/mol. The first-order valence-electron chi connectivity index (χ1n) is 11.9. The van der Waals surface area contributed by atoms with Gasteiger partial charge >= 0.3 is 0 Å². The van der Waals surface area contributed by atoms with Gasteiger partial charge in [-0.25, -0.2) is 0 Å². The predicted octanol–water partition coefficient (Wildman–Crippen LogP) is 8.08. The Morgan fingerprint density at radius 1 is 0.647 bits per heavy atom. The van der Waals surface area contributed by atoms with Crippen LogP contribution < -0.4 is 0 Å². The van der Waals surface area contributed by atoms with Gasteiger partial charge in [-0.1, -0.05) is 93.6 Å². The Morgan fingerprint density at radius 2 is 1.29 bits per heavy atom. The molecule has 2 aromatic heterocycles. The third kappa shape index (κ3) is 3.12. The van der Waals surface area contributed by atoms with Crippen LogP contribution in [0.1, 0.15) is 32.9 Å². The fraction of sp³-hybridized carbons (Fsp3) is 0.161. The fourth-order valence-corrected chi connectivity index (χ4v) is 4.96. The van der Waals surface area contributed by atoms with Gasteiger partial charge in [0, 0.05) is 38.2 Å². The summed E-state index contributed by atoms with van der Waals surface area (Å²) >= 11 is 0. The maximum absolute atomic E-state index is 4.80. The minimum Gasteiger partial charge on any atom is -0.309 e. The maximum atomic E-state index is 4.80. The Bertz CT molecular complexity index is 1660. The van der Waals surface area contributed by atoms with E-state index in [1.807, 2.05) is 0 Å². The van der Waals surface area contributed by atoms with Gasteiger partial charge in [0.25, 0.3) is 0 Å². The Hall–Kier alpha value is -3.98. The summed E-state index contributed by atoms with van der Waals surface area (Å²) in [5.74, 6) is 0. The van der Waals surface area contributed by atoms with E-state index in [9.17, 15) is 0 Å². The van der Waals surface area contributed by atoms with Gasteiger partial charge in [0.1, 0.15) is 5.69 Å². The lowest BCUT2D eigenvalue weighted by molar-refractivity contribution is 0.489. The Morgan fingerprint density at radius 3 is 2.06 bits per heavy atom. The number of para-hydroxylation sites is 2. The monoisotopic (exact) mass is 441 g/mol. The summed E-state index contributed by atoms with van der Waals surface area (Å²) < 4.78 is 2.35. The van der Waals surface area contributed by atoms with Crippen molar-refractivity contribution in [2.45, 2.75) is 32.6 Å². The summed E-state index contributed by atoms with van der Waals surface area (Å²) in [6, 6.07) is 34.4. The normalized spacial score (nSPS) is 12.1. The van der Waals surface area contributed by atoms with Crippen LogP contribution in [-0.4, -0.2) is 14.8 Å². The van der Waals surface area contributed by atoms with Gasteiger partial charge in [-0.15, -0.1) is 5.10 Å². The van der Waals surface area contributed by atoms with Crippen LogP contribution in [0.4, 0.5) is 0 Å². The number of nitrogens with zero attached hydrogens (tertiary/aromatic N) is 3. The van der Waals surface area contributed by atoms with E-state index < -0.39 is 0 Å². The molecule has 0 unspecified atom stereocenters. The Kier molecular flexibility index (Phi) is 4.73. The zero-order chi connectivity index (χ0) is 23.3. The van der Waals surface area contributed by atoms with E-state index in [-0.39, 0.29) is 5.41 Å². The molecule has 0 fully saturated rings. The van der Waals surface area contributed by atoms with Gasteiger partial charge in [0.15, 0.2) is 0 Å². The molecule has 166 valence electrons. The van der Waals surface area contributed by atoms with E-state index in [2.05, 4.69) is 122 Å². The van der Waals surface area contributed by atoms with Gasteiger partial charge in [0.05, 0.1) is 16.7 Å². The van der Waals surface area contributed by atoms with E-state index in [1.54, 1.807) is 0 Å². The zero-order valence-electron chi connectivity index (χ0n) is 19.8. The van der Waals surface area contributed by atoms with Gasteiger partial charge in [-0.3, -0.25) is 0 Å². The van der Waals surface area contributed by atoms with Crippen LogP contribution in [0.3, 0.4) is 0 Å². The fourth-order valence-electron chi connectivity index (χ4n) is 4.96. The Balaban J connectivity index is 1.65. The zero-order valence-corrected chi connectivity index (χ0v) is 19.8. The summed E-state index contributed by atoms with van der Waals surface area (Å²) in [6.45, 7) is 6.70. The minimum absolute atomic E-state index is 0.0329. The summed E-state index contributed by atoms with van der Waals surface area (Å²) in [4.78, 5) is 0. The second kappa shape index (κ2) is 7.81. The third-order valence-corrected chi connectivity index (χ3v) is 7.17. The van der Waals surface area contributed by atoms with Crippen molar-refractivity contribution in [3.8, 4) is 16.9 Å². The quantitative estimate of drug-likeness (QED) is 0.277. The van der Waals surface area contributed by atoms with Gasteiger partial charge < -0.3 is 4.57 Å². The summed E-state index contributed by atoms with van der Waals surface area (Å²) in [6.07, 6.45) is 1.01. The van der Waals surface area contributed by atoms with Crippen LogP contribution in [0, 0.1) is 0 Å². The van der Waals surface area contributed by atoms with Crippen LogP contribution in [-0.2, 0) is 5.41 Å². The van der Waals surface area contributed by atoms with Crippen LogP contribution in [0.25, 0.3) is 49.5 Å². The van der Waals surface area contributed by atoms with E-state index in [1.165, 1.54) is 27.2 Å². The van der Waals surface area contributed by atoms with Crippen LogP contribution >= 0.6 is 0 Å². The average Bonchev–Trinajstić information content (AvgIpc) is 3.22. The molecule has 34 heavy (non-hydrogen) atoms. The number of hydrogen-bond acceptors (Lipinski definition) is 2. The van der Waals surface area contributed by atoms with E-state index in [4.69, 9.17) is 10.2 Å². The molecule has 0 spiro atoms. The van der Waals surface area contributed by atoms with Crippen LogP contribution in [0.2, 0.25) is 0 Å². The third-order valence-electron chi connectivity index (χ3n) is 7.17. The minimum atomic E-state index is -0.0329. The first kappa shape index (κ1) is 20.6. The molecule has 0 radical (unpaired) electrons. The molecule has 0 saturated carbocycles. The lowest BCUT2D eigenvalue weighted by atomic mass is 9.83. The van der Waals surface area contributed by atoms with Gasteiger partial charge in [-0.2, -0.15) is 5.10 Å². The largest absolute Gasteiger partial charge is 0.309 e. The van der Waals surface area contributed by atoms with E-state index in [0.717, 1.165) is 34.4 Å². The molecular formula is C31H27N3. The molecule has 6 rings (SSSR count). The summed E-state index contributed by atoms with van der Waals surface area (Å²) in [5, 5.41) is 14.4. The molecule has 0 atom stereocenters. The maximum Gasteiger partial charge on any atom is 0.101 e. The first-order valence-corrected chi connectivity index (χ1v) is 11.9. The predicted molar refractivity (Wildman–Crippen MR) is 143 cm³/mol. The molecule has 0 aliphatic rings. The van der Waals surface area contributed by atoms with Gasteiger partial charge in [0.2, 0.25) is 0 Å². The van der Waals surface area contributed by atoms with Gasteiger partial charge in [-0.05, 0) is 30.7 Å². The molecule has 4 aromatic carbocycles.